The maximum atomic E-state index is 11.4. The van der Waals surface area contributed by atoms with Crippen LogP contribution in [0.5, 0.6) is 0 Å². The molecule has 1 N–H and O–H groups in total. The van der Waals surface area contributed by atoms with E-state index in [-0.39, 0.29) is 11.9 Å². The van der Waals surface area contributed by atoms with Crippen LogP contribution in [0.3, 0.4) is 0 Å². The Kier molecular flexibility index (Phi) is 3.42. The lowest BCUT2D eigenvalue weighted by Gasteiger charge is -2.05. The molecule has 0 aromatic carbocycles. The van der Waals surface area contributed by atoms with E-state index in [4.69, 9.17) is 0 Å². The van der Waals surface area contributed by atoms with Gasteiger partial charge in [0.05, 0.1) is 11.2 Å². The van der Waals surface area contributed by atoms with Crippen LogP contribution in [0.1, 0.15) is 35.5 Å². The largest absolute Gasteiger partial charge is 0.349 e. The van der Waals surface area contributed by atoms with Crippen LogP contribution in [0.25, 0.3) is 0 Å². The summed E-state index contributed by atoms with van der Waals surface area (Å²) < 4.78 is 0. The molecule has 0 aliphatic rings. The Morgan fingerprint density at radius 1 is 1.69 bits per heavy atom. The third kappa shape index (κ3) is 2.81. The van der Waals surface area contributed by atoms with Crippen LogP contribution in [-0.4, -0.2) is 16.9 Å². The van der Waals surface area contributed by atoms with Crippen LogP contribution in [0.4, 0.5) is 0 Å². The number of rotatable bonds is 3. The van der Waals surface area contributed by atoms with Crippen molar-refractivity contribution in [2.75, 3.05) is 0 Å². The maximum absolute atomic E-state index is 11.4. The molecule has 4 heteroatoms. The zero-order chi connectivity index (χ0) is 9.84. The molecular weight excluding hydrogens is 184 g/mol. The van der Waals surface area contributed by atoms with Gasteiger partial charge in [0, 0.05) is 6.04 Å². The number of hydrogen-bond donors (Lipinski definition) is 1. The van der Waals surface area contributed by atoms with Gasteiger partial charge in [-0.25, -0.2) is 4.98 Å². The van der Waals surface area contributed by atoms with E-state index in [1.807, 2.05) is 20.8 Å². The normalized spacial score (nSPS) is 10.5. The minimum absolute atomic E-state index is 0.0211. The van der Waals surface area contributed by atoms with Crippen molar-refractivity contribution >= 4 is 17.2 Å². The average molecular weight is 198 g/mol. The predicted octanol–water partition coefficient (Wildman–Crippen LogP) is 1.84. The molecule has 1 aromatic heterocycles. The molecule has 1 amide bonds. The third-order valence-electron chi connectivity index (χ3n) is 1.50. The lowest BCUT2D eigenvalue weighted by molar-refractivity contribution is 0.0947. The van der Waals surface area contributed by atoms with E-state index < -0.39 is 0 Å². The molecule has 0 aliphatic carbocycles. The van der Waals surface area contributed by atoms with Crippen molar-refractivity contribution in [3.8, 4) is 0 Å². The van der Waals surface area contributed by atoms with Crippen molar-refractivity contribution < 1.29 is 4.79 Å². The minimum atomic E-state index is -0.0211. The zero-order valence-electron chi connectivity index (χ0n) is 8.13. The summed E-state index contributed by atoms with van der Waals surface area (Å²) in [5.74, 6) is -0.0211. The second-order valence-electron chi connectivity index (χ2n) is 3.10. The fraction of sp³-hybridized carbons (Fsp3) is 0.556. The van der Waals surface area contributed by atoms with Gasteiger partial charge in [0.25, 0.3) is 5.91 Å². The molecular formula is C9H14N2OS. The molecule has 0 bridgehead atoms. The van der Waals surface area contributed by atoms with E-state index in [0.29, 0.717) is 4.88 Å². The number of aromatic nitrogens is 1. The van der Waals surface area contributed by atoms with Gasteiger partial charge in [-0.2, -0.15) is 0 Å². The second kappa shape index (κ2) is 4.37. The highest BCUT2D eigenvalue weighted by molar-refractivity contribution is 7.13. The highest BCUT2D eigenvalue weighted by atomic mass is 32.1. The van der Waals surface area contributed by atoms with Crippen molar-refractivity contribution in [3.05, 3.63) is 16.1 Å². The van der Waals surface area contributed by atoms with Gasteiger partial charge in [0.2, 0.25) is 0 Å². The Morgan fingerprint density at radius 2 is 2.38 bits per heavy atom. The molecule has 1 aromatic rings. The van der Waals surface area contributed by atoms with E-state index in [9.17, 15) is 4.79 Å². The van der Waals surface area contributed by atoms with E-state index in [1.54, 1.807) is 6.20 Å². The first-order valence-corrected chi connectivity index (χ1v) is 5.20. The van der Waals surface area contributed by atoms with Crippen molar-refractivity contribution in [2.45, 2.75) is 33.2 Å². The maximum Gasteiger partial charge on any atom is 0.263 e. The number of hydrogen-bond acceptors (Lipinski definition) is 3. The van der Waals surface area contributed by atoms with Crippen LogP contribution in [0.15, 0.2) is 6.20 Å². The fourth-order valence-electron chi connectivity index (χ4n) is 0.912. The summed E-state index contributed by atoms with van der Waals surface area (Å²) >= 11 is 1.46. The van der Waals surface area contributed by atoms with Crippen LogP contribution in [-0.2, 0) is 6.42 Å². The van der Waals surface area contributed by atoms with Gasteiger partial charge < -0.3 is 5.32 Å². The number of carbonyl (C=O) groups excluding carboxylic acids is 1. The lowest BCUT2D eigenvalue weighted by Crippen LogP contribution is -2.29. The molecule has 0 saturated carbocycles. The molecule has 0 saturated heterocycles. The topological polar surface area (TPSA) is 42.0 Å². The van der Waals surface area contributed by atoms with Gasteiger partial charge in [-0.3, -0.25) is 4.79 Å². The molecule has 0 spiro atoms. The Bertz CT molecular complexity index is 294. The number of thiazole rings is 1. The summed E-state index contributed by atoms with van der Waals surface area (Å²) in [5.41, 5.74) is 0. The van der Waals surface area contributed by atoms with E-state index >= 15 is 0 Å². The Labute approximate surface area is 82.2 Å². The molecule has 0 unspecified atom stereocenters. The summed E-state index contributed by atoms with van der Waals surface area (Å²) in [6.07, 6.45) is 2.53. The van der Waals surface area contributed by atoms with Crippen LogP contribution in [0.2, 0.25) is 0 Å². The third-order valence-corrected chi connectivity index (χ3v) is 2.64. The summed E-state index contributed by atoms with van der Waals surface area (Å²) in [7, 11) is 0. The summed E-state index contributed by atoms with van der Waals surface area (Å²) in [6.45, 7) is 5.92. The van der Waals surface area contributed by atoms with Crippen molar-refractivity contribution in [1.82, 2.24) is 10.3 Å². The van der Waals surface area contributed by atoms with E-state index in [2.05, 4.69) is 10.3 Å². The number of nitrogens with one attached hydrogen (secondary N) is 1. The van der Waals surface area contributed by atoms with E-state index in [1.165, 1.54) is 11.3 Å². The van der Waals surface area contributed by atoms with Crippen LogP contribution >= 0.6 is 11.3 Å². The van der Waals surface area contributed by atoms with Crippen molar-refractivity contribution in [2.24, 2.45) is 0 Å². The highest BCUT2D eigenvalue weighted by Crippen LogP contribution is 2.12. The molecule has 3 nitrogen and oxygen atoms in total. The minimum Gasteiger partial charge on any atom is -0.349 e. The first-order valence-electron chi connectivity index (χ1n) is 4.39. The van der Waals surface area contributed by atoms with Gasteiger partial charge in [-0.05, 0) is 20.3 Å². The highest BCUT2D eigenvalue weighted by Gasteiger charge is 2.09. The van der Waals surface area contributed by atoms with Gasteiger partial charge in [0.15, 0.2) is 0 Å². The smallest absolute Gasteiger partial charge is 0.263 e. The van der Waals surface area contributed by atoms with Crippen LogP contribution in [0, 0.1) is 0 Å². The Morgan fingerprint density at radius 3 is 2.85 bits per heavy atom. The molecule has 1 heterocycles. The Balaban J connectivity index is 2.66. The first kappa shape index (κ1) is 10.2. The summed E-state index contributed by atoms with van der Waals surface area (Å²) in [4.78, 5) is 16.3. The quantitative estimate of drug-likeness (QED) is 0.805. The molecule has 0 radical (unpaired) electrons. The van der Waals surface area contributed by atoms with Crippen molar-refractivity contribution in [1.29, 1.82) is 0 Å². The molecule has 72 valence electrons. The van der Waals surface area contributed by atoms with E-state index in [0.717, 1.165) is 11.4 Å². The molecule has 0 atom stereocenters. The van der Waals surface area contributed by atoms with Crippen molar-refractivity contribution in [3.63, 3.8) is 0 Å². The number of carbonyl (C=O) groups is 1. The SMILES string of the molecule is CCc1ncc(C(=O)NC(C)C)s1. The number of aryl methyl sites for hydroxylation is 1. The molecule has 0 fully saturated rings. The zero-order valence-corrected chi connectivity index (χ0v) is 8.94. The lowest BCUT2D eigenvalue weighted by atomic mass is 10.4. The molecule has 13 heavy (non-hydrogen) atoms. The Hall–Kier alpha value is -0.900. The van der Waals surface area contributed by atoms with Gasteiger partial charge in [-0.15, -0.1) is 11.3 Å². The van der Waals surface area contributed by atoms with Gasteiger partial charge in [0.1, 0.15) is 4.88 Å². The van der Waals surface area contributed by atoms with Gasteiger partial charge >= 0.3 is 0 Å². The number of amides is 1. The standard InChI is InChI=1S/C9H14N2OS/c1-4-8-10-5-7(13-8)9(12)11-6(2)3/h5-6H,4H2,1-3H3,(H,11,12). The monoisotopic (exact) mass is 198 g/mol. The molecule has 0 aliphatic heterocycles. The fourth-order valence-corrected chi connectivity index (χ4v) is 1.67. The summed E-state index contributed by atoms with van der Waals surface area (Å²) in [6, 6.07) is 0.180. The number of nitrogens with zero attached hydrogens (tertiary/aromatic N) is 1. The summed E-state index contributed by atoms with van der Waals surface area (Å²) in [5, 5.41) is 3.84. The van der Waals surface area contributed by atoms with Gasteiger partial charge in [-0.1, -0.05) is 6.92 Å². The average Bonchev–Trinajstić information content (AvgIpc) is 2.50. The predicted molar refractivity (Wildman–Crippen MR) is 54.1 cm³/mol. The molecule has 1 rings (SSSR count). The first-order chi connectivity index (χ1) is 6.13. The van der Waals surface area contributed by atoms with Crippen LogP contribution < -0.4 is 5.32 Å². The second-order valence-corrected chi connectivity index (χ2v) is 4.22.